The number of benzene rings is 2. The average Bonchev–Trinajstić information content (AvgIpc) is 3.34. The van der Waals surface area contributed by atoms with Gasteiger partial charge in [0.15, 0.2) is 0 Å². The van der Waals surface area contributed by atoms with E-state index < -0.39 is 18.2 Å². The summed E-state index contributed by atoms with van der Waals surface area (Å²) in [5.74, 6) is -0.695. The molecule has 0 aliphatic carbocycles. The van der Waals surface area contributed by atoms with Crippen molar-refractivity contribution < 1.29 is 19.1 Å². The Morgan fingerprint density at radius 2 is 1.83 bits per heavy atom. The van der Waals surface area contributed by atoms with E-state index in [0.29, 0.717) is 40.6 Å². The maximum Gasteiger partial charge on any atom is 0.407 e. The minimum absolute atomic E-state index is 0.0308. The van der Waals surface area contributed by atoms with E-state index >= 15 is 0 Å². The molecule has 0 radical (unpaired) electrons. The van der Waals surface area contributed by atoms with E-state index in [1.807, 2.05) is 0 Å². The second-order valence-corrected chi connectivity index (χ2v) is 8.97. The number of hydrogen-bond acceptors (Lipinski definition) is 5. The van der Waals surface area contributed by atoms with Crippen molar-refractivity contribution >= 4 is 46.9 Å². The molecule has 1 heterocycles. The highest BCUT2D eigenvalue weighted by atomic mass is 35.5. The van der Waals surface area contributed by atoms with Gasteiger partial charge >= 0.3 is 6.09 Å². The lowest BCUT2D eigenvalue weighted by Gasteiger charge is -2.28. The molecule has 3 rings (SSSR count). The van der Waals surface area contributed by atoms with Crippen molar-refractivity contribution in [1.29, 1.82) is 5.41 Å². The van der Waals surface area contributed by atoms with Gasteiger partial charge < -0.3 is 26.0 Å². The molecule has 0 saturated carbocycles. The summed E-state index contributed by atoms with van der Waals surface area (Å²) in [4.78, 5) is 39.8. The normalized spacial score (nSPS) is 15.9. The van der Waals surface area contributed by atoms with Crippen molar-refractivity contribution in [2.45, 2.75) is 37.9 Å². The second-order valence-electron chi connectivity index (χ2n) is 8.16. The monoisotopic (exact) mass is 519 g/mol. The number of nitrogens with two attached hydrogens (primary N) is 1. The van der Waals surface area contributed by atoms with Crippen LogP contribution in [0.15, 0.2) is 42.5 Å². The summed E-state index contributed by atoms with van der Waals surface area (Å²) in [6.07, 6.45) is 0.573. The Morgan fingerprint density at radius 3 is 2.46 bits per heavy atom. The number of methoxy groups -OCH3 is 1. The highest BCUT2D eigenvalue weighted by Gasteiger charge is 2.37. The predicted molar refractivity (Wildman–Crippen MR) is 134 cm³/mol. The molecule has 1 aliphatic heterocycles. The minimum atomic E-state index is -0.952. The molecule has 3 amide bonds. The number of likely N-dealkylation sites (tertiary alicyclic amines) is 1. The van der Waals surface area contributed by atoms with E-state index in [4.69, 9.17) is 39.1 Å². The zero-order valence-corrected chi connectivity index (χ0v) is 20.7. The molecule has 1 aliphatic rings. The Labute approximate surface area is 213 Å². The second kappa shape index (κ2) is 11.9. The van der Waals surface area contributed by atoms with Crippen LogP contribution in [0.25, 0.3) is 0 Å². The van der Waals surface area contributed by atoms with E-state index in [1.165, 1.54) is 12.0 Å². The molecule has 186 valence electrons. The summed E-state index contributed by atoms with van der Waals surface area (Å²) >= 11 is 12.1. The van der Waals surface area contributed by atoms with Gasteiger partial charge in [-0.25, -0.2) is 4.79 Å². The number of alkyl carbamates (subject to hydrolysis) is 1. The molecule has 35 heavy (non-hydrogen) atoms. The molecule has 0 aromatic heterocycles. The molecule has 2 atom stereocenters. The van der Waals surface area contributed by atoms with E-state index in [-0.39, 0.29) is 30.6 Å². The van der Waals surface area contributed by atoms with Crippen molar-refractivity contribution in [3.63, 3.8) is 0 Å². The van der Waals surface area contributed by atoms with E-state index in [9.17, 15) is 14.4 Å². The van der Waals surface area contributed by atoms with E-state index in [1.54, 1.807) is 42.5 Å². The smallest absolute Gasteiger partial charge is 0.407 e. The first-order valence-electron chi connectivity index (χ1n) is 11.0. The summed E-state index contributed by atoms with van der Waals surface area (Å²) in [6, 6.07) is 10.3. The number of halogens is 2. The number of rotatable bonds is 8. The Morgan fingerprint density at radius 1 is 1.14 bits per heavy atom. The summed E-state index contributed by atoms with van der Waals surface area (Å²) in [7, 11) is 1.21. The minimum Gasteiger partial charge on any atom is -0.453 e. The highest BCUT2D eigenvalue weighted by molar-refractivity contribution is 6.42. The van der Waals surface area contributed by atoms with Crippen LogP contribution in [0.5, 0.6) is 0 Å². The largest absolute Gasteiger partial charge is 0.453 e. The van der Waals surface area contributed by atoms with Gasteiger partial charge in [0.25, 0.3) is 0 Å². The molecule has 0 bridgehead atoms. The maximum absolute atomic E-state index is 13.4. The molecule has 2 aromatic carbocycles. The standard InChI is InChI=1S/C24H27Cl2N5O4/c1-35-24(34)30-19(12-15-6-9-17(25)18(26)11-15)23(33)31-10-2-3-20(31)22(32)29-13-14-4-7-16(8-5-14)21(27)28/h4-9,11,19-20H,2-3,10,12-13H2,1H3,(H3,27,28)(H,29,32)(H,30,34). The van der Waals surface area contributed by atoms with Crippen LogP contribution < -0.4 is 16.4 Å². The van der Waals surface area contributed by atoms with Crippen LogP contribution in [0.4, 0.5) is 4.79 Å². The number of ether oxygens (including phenoxy) is 1. The SMILES string of the molecule is COC(=O)NC(Cc1ccc(Cl)c(Cl)c1)C(=O)N1CCCC1C(=O)NCc1ccc(C(=N)N)cc1. The van der Waals surface area contributed by atoms with Gasteiger partial charge in [0.2, 0.25) is 11.8 Å². The summed E-state index contributed by atoms with van der Waals surface area (Å²) in [5, 5.41) is 13.6. The van der Waals surface area contributed by atoms with Gasteiger partial charge in [0, 0.05) is 25.1 Å². The number of nitrogen functional groups attached to an aromatic ring is 1. The van der Waals surface area contributed by atoms with Crippen molar-refractivity contribution in [2.75, 3.05) is 13.7 Å². The van der Waals surface area contributed by atoms with Gasteiger partial charge in [-0.3, -0.25) is 15.0 Å². The molecule has 1 saturated heterocycles. The molecule has 11 heteroatoms. The quantitative estimate of drug-likeness (QED) is 0.313. The number of carbonyl (C=O) groups is 3. The van der Waals surface area contributed by atoms with Gasteiger partial charge in [-0.2, -0.15) is 0 Å². The molecule has 5 N–H and O–H groups in total. The van der Waals surface area contributed by atoms with Crippen LogP contribution in [-0.2, 0) is 27.3 Å². The lowest BCUT2D eigenvalue weighted by molar-refractivity contribution is -0.140. The lowest BCUT2D eigenvalue weighted by Crippen LogP contribution is -2.54. The predicted octanol–water partition coefficient (Wildman–Crippen LogP) is 2.85. The van der Waals surface area contributed by atoms with Crippen LogP contribution in [0.3, 0.4) is 0 Å². The van der Waals surface area contributed by atoms with Crippen LogP contribution >= 0.6 is 23.2 Å². The van der Waals surface area contributed by atoms with Gasteiger partial charge in [0.1, 0.15) is 17.9 Å². The number of nitrogens with one attached hydrogen (secondary N) is 3. The third-order valence-corrected chi connectivity index (χ3v) is 6.51. The van der Waals surface area contributed by atoms with Crippen LogP contribution in [-0.4, -0.2) is 54.4 Å². The molecular formula is C24H27Cl2N5O4. The van der Waals surface area contributed by atoms with Crippen LogP contribution in [0, 0.1) is 5.41 Å². The number of amidine groups is 1. The van der Waals surface area contributed by atoms with Crippen LogP contribution in [0.1, 0.15) is 29.5 Å². The van der Waals surface area contributed by atoms with Gasteiger partial charge in [-0.05, 0) is 36.1 Å². The van der Waals surface area contributed by atoms with Crippen molar-refractivity contribution in [1.82, 2.24) is 15.5 Å². The molecular weight excluding hydrogens is 493 g/mol. The maximum atomic E-state index is 13.4. The van der Waals surface area contributed by atoms with Crippen molar-refractivity contribution in [2.24, 2.45) is 5.73 Å². The highest BCUT2D eigenvalue weighted by Crippen LogP contribution is 2.24. The third-order valence-electron chi connectivity index (χ3n) is 5.77. The van der Waals surface area contributed by atoms with Crippen molar-refractivity contribution in [3.05, 3.63) is 69.2 Å². The van der Waals surface area contributed by atoms with E-state index in [0.717, 1.165) is 5.56 Å². The first-order valence-corrected chi connectivity index (χ1v) is 11.7. The Kier molecular flexibility index (Phi) is 8.95. The summed E-state index contributed by atoms with van der Waals surface area (Å²) < 4.78 is 4.69. The van der Waals surface area contributed by atoms with Crippen molar-refractivity contribution in [3.8, 4) is 0 Å². The first-order chi connectivity index (χ1) is 16.7. The zero-order chi connectivity index (χ0) is 25.5. The molecule has 9 nitrogen and oxygen atoms in total. The van der Waals surface area contributed by atoms with Gasteiger partial charge in [-0.15, -0.1) is 0 Å². The fourth-order valence-electron chi connectivity index (χ4n) is 3.92. The number of carbonyl (C=O) groups excluding carboxylic acids is 3. The Hall–Kier alpha value is -3.30. The fourth-order valence-corrected chi connectivity index (χ4v) is 4.24. The fraction of sp³-hybridized carbons (Fsp3) is 0.333. The van der Waals surface area contributed by atoms with E-state index in [2.05, 4.69) is 10.6 Å². The third kappa shape index (κ3) is 6.86. The molecule has 2 aromatic rings. The summed E-state index contributed by atoms with van der Waals surface area (Å²) in [6.45, 7) is 0.660. The molecule has 1 fully saturated rings. The topological polar surface area (TPSA) is 138 Å². The average molecular weight is 520 g/mol. The Balaban J connectivity index is 1.69. The number of amides is 3. The summed E-state index contributed by atoms with van der Waals surface area (Å²) in [5.41, 5.74) is 7.60. The number of hydrogen-bond donors (Lipinski definition) is 4. The first kappa shape index (κ1) is 26.3. The van der Waals surface area contributed by atoms with Gasteiger partial charge in [0.05, 0.1) is 17.2 Å². The van der Waals surface area contributed by atoms with Crippen LogP contribution in [0.2, 0.25) is 10.0 Å². The lowest BCUT2D eigenvalue weighted by atomic mass is 10.0. The Bertz CT molecular complexity index is 1110. The molecule has 0 spiro atoms. The zero-order valence-electron chi connectivity index (χ0n) is 19.1. The molecule has 2 unspecified atom stereocenters. The number of nitrogens with zero attached hydrogens (tertiary/aromatic N) is 1. The van der Waals surface area contributed by atoms with Gasteiger partial charge in [-0.1, -0.05) is 53.5 Å².